The van der Waals surface area contributed by atoms with Crippen molar-refractivity contribution >= 4 is 39.1 Å². The van der Waals surface area contributed by atoms with Gasteiger partial charge in [-0.25, -0.2) is 0 Å². The summed E-state index contributed by atoms with van der Waals surface area (Å²) in [6.45, 7) is 0.676. The molecule has 4 nitrogen and oxygen atoms in total. The summed E-state index contributed by atoms with van der Waals surface area (Å²) in [5.74, 6) is 0.0613. The summed E-state index contributed by atoms with van der Waals surface area (Å²) in [4.78, 5) is 27.4. The molecule has 1 aliphatic heterocycles. The molecule has 0 aromatic carbocycles. The predicted octanol–water partition coefficient (Wildman–Crippen LogP) is 2.28. The van der Waals surface area contributed by atoms with Crippen LogP contribution >= 0.6 is 27.3 Å². The number of nitrogens with zero attached hydrogens (tertiary/aromatic N) is 1. The summed E-state index contributed by atoms with van der Waals surface area (Å²) < 4.78 is 1.03. The summed E-state index contributed by atoms with van der Waals surface area (Å²) >= 11 is 5.04. The number of rotatable bonds is 2. The van der Waals surface area contributed by atoms with Crippen LogP contribution in [0.15, 0.2) is 15.9 Å². The fraction of sp³-hybridized carbons (Fsp3) is 0.538. The molecule has 1 N–H and O–H groups in total. The maximum absolute atomic E-state index is 12.3. The van der Waals surface area contributed by atoms with Crippen molar-refractivity contribution in [3.63, 3.8) is 0 Å². The van der Waals surface area contributed by atoms with Crippen molar-refractivity contribution in [2.75, 3.05) is 6.54 Å². The molecule has 3 rings (SSSR count). The Morgan fingerprint density at radius 1 is 1.37 bits per heavy atom. The highest BCUT2D eigenvalue weighted by Crippen LogP contribution is 2.38. The molecule has 1 saturated heterocycles. The molecule has 2 heterocycles. The molecule has 6 heteroatoms. The van der Waals surface area contributed by atoms with Crippen LogP contribution in [0.25, 0.3) is 0 Å². The first-order chi connectivity index (χ1) is 9.12. The zero-order valence-electron chi connectivity index (χ0n) is 10.4. The number of carbonyl (C=O) groups is 2. The number of hydrogen-bond donors (Lipinski definition) is 1. The smallest absolute Gasteiger partial charge is 0.246 e. The Labute approximate surface area is 124 Å². The fourth-order valence-corrected chi connectivity index (χ4v) is 4.50. The quantitative estimate of drug-likeness (QED) is 0.896. The average Bonchev–Trinajstić information content (AvgIpc) is 3.01. The van der Waals surface area contributed by atoms with Gasteiger partial charge >= 0.3 is 0 Å². The maximum Gasteiger partial charge on any atom is 0.246 e. The highest BCUT2D eigenvalue weighted by molar-refractivity contribution is 9.10. The number of thiophene rings is 1. The molecule has 2 aliphatic rings. The molecule has 102 valence electrons. The summed E-state index contributed by atoms with van der Waals surface area (Å²) in [5.41, 5.74) is -0.591. The van der Waals surface area contributed by atoms with Crippen molar-refractivity contribution < 1.29 is 9.59 Å². The molecule has 1 saturated carbocycles. The predicted molar refractivity (Wildman–Crippen MR) is 76.8 cm³/mol. The Balaban J connectivity index is 1.90. The van der Waals surface area contributed by atoms with Crippen LogP contribution in [0, 0.1) is 0 Å². The topological polar surface area (TPSA) is 49.4 Å². The first-order valence-corrected chi connectivity index (χ1v) is 8.11. The number of piperazine rings is 1. The largest absolute Gasteiger partial charge is 0.345 e. The van der Waals surface area contributed by atoms with Crippen molar-refractivity contribution in [2.24, 2.45) is 0 Å². The van der Waals surface area contributed by atoms with Crippen molar-refractivity contribution in [1.82, 2.24) is 10.2 Å². The monoisotopic (exact) mass is 342 g/mol. The molecule has 1 spiro atoms. The van der Waals surface area contributed by atoms with Crippen molar-refractivity contribution in [1.29, 1.82) is 0 Å². The highest BCUT2D eigenvalue weighted by Gasteiger charge is 2.50. The third kappa shape index (κ3) is 2.21. The molecule has 1 aromatic heterocycles. The van der Waals surface area contributed by atoms with E-state index in [-0.39, 0.29) is 18.4 Å². The average molecular weight is 343 g/mol. The normalized spacial score (nSPS) is 22.1. The Morgan fingerprint density at radius 3 is 2.74 bits per heavy atom. The molecular formula is C13H15BrN2O2S. The summed E-state index contributed by atoms with van der Waals surface area (Å²) in [5, 5.41) is 4.75. The van der Waals surface area contributed by atoms with E-state index >= 15 is 0 Å². The van der Waals surface area contributed by atoms with Gasteiger partial charge in [-0.05, 0) is 34.8 Å². The lowest BCUT2D eigenvalue weighted by atomic mass is 9.91. The zero-order valence-corrected chi connectivity index (χ0v) is 12.8. The summed E-state index contributed by atoms with van der Waals surface area (Å²) in [7, 11) is 0. The standard InChI is InChI=1S/C13H15BrN2O2S/c14-9-5-10(19-8-9)7-16-11(17)6-15-12(18)13(16)3-1-2-4-13/h5,8H,1-4,6-7H2,(H,15,18). The first-order valence-electron chi connectivity index (χ1n) is 6.43. The third-order valence-corrected chi connectivity index (χ3v) is 5.69. The number of hydrogen-bond acceptors (Lipinski definition) is 3. The maximum atomic E-state index is 12.3. The Hall–Kier alpha value is -0.880. The van der Waals surface area contributed by atoms with Crippen LogP contribution in [-0.2, 0) is 16.1 Å². The molecule has 1 aliphatic carbocycles. The van der Waals surface area contributed by atoms with Crippen LogP contribution in [-0.4, -0.2) is 28.8 Å². The van der Waals surface area contributed by atoms with Crippen LogP contribution < -0.4 is 5.32 Å². The van der Waals surface area contributed by atoms with Crippen LogP contribution in [0.2, 0.25) is 0 Å². The Bertz CT molecular complexity index is 522. The van der Waals surface area contributed by atoms with Crippen LogP contribution in [0.3, 0.4) is 0 Å². The highest BCUT2D eigenvalue weighted by atomic mass is 79.9. The second-order valence-corrected chi connectivity index (χ2v) is 7.04. The van der Waals surface area contributed by atoms with Gasteiger partial charge < -0.3 is 10.2 Å². The molecule has 0 radical (unpaired) electrons. The van der Waals surface area contributed by atoms with Gasteiger partial charge in [-0.15, -0.1) is 11.3 Å². The molecule has 2 amide bonds. The van der Waals surface area contributed by atoms with Gasteiger partial charge in [-0.3, -0.25) is 9.59 Å². The third-order valence-electron chi connectivity index (χ3n) is 4.01. The van der Waals surface area contributed by atoms with E-state index in [9.17, 15) is 9.59 Å². The molecule has 0 atom stereocenters. The molecule has 0 unspecified atom stereocenters. The van der Waals surface area contributed by atoms with E-state index in [0.717, 1.165) is 35.0 Å². The zero-order chi connectivity index (χ0) is 13.5. The van der Waals surface area contributed by atoms with Gasteiger partial charge in [-0.1, -0.05) is 12.8 Å². The van der Waals surface area contributed by atoms with Crippen LogP contribution in [0.4, 0.5) is 0 Å². The molecule has 1 aromatic rings. The van der Waals surface area contributed by atoms with Gasteiger partial charge in [0.05, 0.1) is 13.1 Å². The van der Waals surface area contributed by atoms with Gasteiger partial charge in [0.1, 0.15) is 5.54 Å². The summed E-state index contributed by atoms with van der Waals surface area (Å²) in [6.07, 6.45) is 3.62. The number of carbonyl (C=O) groups excluding carboxylic acids is 2. The van der Waals surface area contributed by atoms with Gasteiger partial charge in [0, 0.05) is 14.7 Å². The molecule has 0 bridgehead atoms. The second kappa shape index (κ2) is 4.90. The lowest BCUT2D eigenvalue weighted by Gasteiger charge is -2.43. The van der Waals surface area contributed by atoms with Crippen molar-refractivity contribution in [3.8, 4) is 0 Å². The van der Waals surface area contributed by atoms with E-state index in [2.05, 4.69) is 21.2 Å². The van der Waals surface area contributed by atoms with Crippen molar-refractivity contribution in [3.05, 3.63) is 20.8 Å². The Kier molecular flexibility index (Phi) is 3.39. The number of amides is 2. The minimum Gasteiger partial charge on any atom is -0.345 e. The van der Waals surface area contributed by atoms with Gasteiger partial charge in [0.15, 0.2) is 0 Å². The molecule has 19 heavy (non-hydrogen) atoms. The SMILES string of the molecule is O=C1CNC(=O)C2(CCCC2)N1Cc1cc(Br)cs1. The summed E-state index contributed by atoms with van der Waals surface area (Å²) in [6, 6.07) is 2.02. The van der Waals surface area contributed by atoms with E-state index in [4.69, 9.17) is 0 Å². The van der Waals surface area contributed by atoms with Crippen molar-refractivity contribution in [2.45, 2.75) is 37.8 Å². The molecular weight excluding hydrogens is 328 g/mol. The van der Waals surface area contributed by atoms with E-state index < -0.39 is 5.54 Å². The van der Waals surface area contributed by atoms with Gasteiger partial charge in [0.2, 0.25) is 11.8 Å². The minimum absolute atomic E-state index is 0.0280. The number of nitrogens with one attached hydrogen (secondary N) is 1. The molecule has 2 fully saturated rings. The second-order valence-electron chi connectivity index (χ2n) is 5.13. The lowest BCUT2D eigenvalue weighted by Crippen LogP contribution is -2.65. The van der Waals surface area contributed by atoms with E-state index in [0.29, 0.717) is 6.54 Å². The fourth-order valence-electron chi connectivity index (χ4n) is 3.07. The van der Waals surface area contributed by atoms with Gasteiger partial charge in [0.25, 0.3) is 0 Å². The number of halogens is 1. The lowest BCUT2D eigenvalue weighted by molar-refractivity contribution is -0.154. The van der Waals surface area contributed by atoms with Crippen LogP contribution in [0.1, 0.15) is 30.6 Å². The minimum atomic E-state index is -0.591. The Morgan fingerprint density at radius 2 is 2.11 bits per heavy atom. The van der Waals surface area contributed by atoms with Gasteiger partial charge in [-0.2, -0.15) is 0 Å². The van der Waals surface area contributed by atoms with Crippen LogP contribution in [0.5, 0.6) is 0 Å². The van der Waals surface area contributed by atoms with E-state index in [1.165, 1.54) is 0 Å². The first kappa shape index (κ1) is 13.1. The van der Waals surface area contributed by atoms with E-state index in [1.807, 2.05) is 11.4 Å². The van der Waals surface area contributed by atoms with E-state index in [1.54, 1.807) is 16.2 Å².